The monoisotopic (exact) mass is 274 g/mol. The maximum Gasteiger partial charge on any atom is 0.0837 e. The topological polar surface area (TPSA) is 28.7 Å². The van der Waals surface area contributed by atoms with Gasteiger partial charge in [-0.25, -0.2) is 0 Å². The highest BCUT2D eigenvalue weighted by molar-refractivity contribution is 7.98. The third kappa shape index (κ3) is 2.37. The van der Waals surface area contributed by atoms with Crippen LogP contribution < -0.4 is 0 Å². The largest absolute Gasteiger partial charge is 0.276 e. The number of benzene rings is 2. The molecule has 2 aromatic carbocycles. The van der Waals surface area contributed by atoms with Gasteiger partial charge in [0.1, 0.15) is 0 Å². The van der Waals surface area contributed by atoms with Gasteiger partial charge < -0.3 is 0 Å². The Bertz CT molecular complexity index is 664. The first-order valence-corrected chi connectivity index (χ1v) is 6.98. The molecule has 0 radical (unpaired) electrons. The fourth-order valence-corrected chi connectivity index (χ4v) is 3.08. The molecule has 0 fully saturated rings. The van der Waals surface area contributed by atoms with Gasteiger partial charge in [0.15, 0.2) is 0 Å². The lowest BCUT2D eigenvalue weighted by Gasteiger charge is -2.03. The molecule has 4 heteroatoms. The molecule has 2 nitrogen and oxygen atoms in total. The van der Waals surface area contributed by atoms with Crippen LogP contribution in [0.3, 0.4) is 0 Å². The zero-order chi connectivity index (χ0) is 12.4. The highest BCUT2D eigenvalue weighted by Gasteiger charge is 2.04. The van der Waals surface area contributed by atoms with Crippen molar-refractivity contribution in [1.82, 2.24) is 10.2 Å². The number of fused-ring (bicyclic) bond motifs is 1. The minimum absolute atomic E-state index is 0.723. The highest BCUT2D eigenvalue weighted by atomic mass is 35.5. The van der Waals surface area contributed by atoms with Crippen LogP contribution in [-0.2, 0) is 5.75 Å². The lowest BCUT2D eigenvalue weighted by Crippen LogP contribution is -1.80. The molecule has 0 saturated carbocycles. The van der Waals surface area contributed by atoms with E-state index in [9.17, 15) is 0 Å². The molecule has 90 valence electrons. The molecule has 0 unspecified atom stereocenters. The van der Waals surface area contributed by atoms with Gasteiger partial charge in [-0.1, -0.05) is 41.9 Å². The van der Waals surface area contributed by atoms with E-state index >= 15 is 0 Å². The van der Waals surface area contributed by atoms with E-state index in [-0.39, 0.29) is 0 Å². The number of halogens is 1. The highest BCUT2D eigenvalue weighted by Crippen LogP contribution is 2.30. The predicted molar refractivity (Wildman–Crippen MR) is 77.1 cm³/mol. The fourth-order valence-electron chi connectivity index (χ4n) is 1.81. The van der Waals surface area contributed by atoms with E-state index in [1.54, 1.807) is 18.0 Å². The predicted octanol–water partition coefficient (Wildman–Crippen LogP) is 4.51. The number of nitrogens with one attached hydrogen (secondary N) is 1. The molecule has 1 N–H and O–H groups in total. The number of thioether (sulfide) groups is 1. The van der Waals surface area contributed by atoms with Crippen LogP contribution in [0, 0.1) is 0 Å². The van der Waals surface area contributed by atoms with Crippen molar-refractivity contribution in [3.05, 3.63) is 59.2 Å². The van der Waals surface area contributed by atoms with Crippen molar-refractivity contribution in [2.45, 2.75) is 10.6 Å². The van der Waals surface area contributed by atoms with Crippen molar-refractivity contribution in [3.8, 4) is 0 Å². The molecule has 0 aliphatic carbocycles. The van der Waals surface area contributed by atoms with Crippen LogP contribution in [0.25, 0.3) is 10.9 Å². The Morgan fingerprint density at radius 2 is 2.00 bits per heavy atom. The quantitative estimate of drug-likeness (QED) is 0.712. The first-order valence-electron chi connectivity index (χ1n) is 5.62. The van der Waals surface area contributed by atoms with Gasteiger partial charge in [0.05, 0.1) is 16.7 Å². The molecule has 0 saturated heterocycles. The maximum absolute atomic E-state index is 6.20. The van der Waals surface area contributed by atoms with Crippen molar-refractivity contribution < 1.29 is 0 Å². The number of H-pyrrole nitrogens is 1. The van der Waals surface area contributed by atoms with Gasteiger partial charge in [0.25, 0.3) is 0 Å². The summed E-state index contributed by atoms with van der Waals surface area (Å²) in [7, 11) is 0. The van der Waals surface area contributed by atoms with E-state index in [1.165, 1.54) is 5.56 Å². The Kier molecular flexibility index (Phi) is 3.26. The van der Waals surface area contributed by atoms with E-state index in [2.05, 4.69) is 40.5 Å². The molecule has 3 aromatic rings. The summed E-state index contributed by atoms with van der Waals surface area (Å²) in [4.78, 5) is 1.16. The number of rotatable bonds is 3. The lowest BCUT2D eigenvalue weighted by atomic mass is 10.2. The van der Waals surface area contributed by atoms with E-state index < -0.39 is 0 Å². The van der Waals surface area contributed by atoms with Crippen LogP contribution in [0.5, 0.6) is 0 Å². The summed E-state index contributed by atoms with van der Waals surface area (Å²) in [6.07, 6.45) is 1.80. The number of hydrogen-bond acceptors (Lipinski definition) is 2. The van der Waals surface area contributed by atoms with Gasteiger partial charge in [0.2, 0.25) is 0 Å². The Morgan fingerprint density at radius 3 is 2.83 bits per heavy atom. The molecule has 18 heavy (non-hydrogen) atoms. The van der Waals surface area contributed by atoms with Crippen LogP contribution >= 0.6 is 23.4 Å². The summed E-state index contributed by atoms with van der Waals surface area (Å²) >= 11 is 7.98. The second-order valence-corrected chi connectivity index (χ2v) is 5.47. The number of aromatic amines is 1. The molecule has 0 spiro atoms. The lowest BCUT2D eigenvalue weighted by molar-refractivity contribution is 1.12. The summed E-state index contributed by atoms with van der Waals surface area (Å²) in [5, 5.41) is 8.68. The van der Waals surface area contributed by atoms with Crippen molar-refractivity contribution >= 4 is 34.3 Å². The van der Waals surface area contributed by atoms with Crippen molar-refractivity contribution in [1.29, 1.82) is 0 Å². The van der Waals surface area contributed by atoms with E-state index in [0.29, 0.717) is 0 Å². The Labute approximate surface area is 114 Å². The zero-order valence-electron chi connectivity index (χ0n) is 9.56. The number of aromatic nitrogens is 2. The summed E-state index contributed by atoms with van der Waals surface area (Å²) < 4.78 is 0. The Morgan fingerprint density at radius 1 is 1.17 bits per heavy atom. The van der Waals surface area contributed by atoms with Crippen LogP contribution in [-0.4, -0.2) is 10.2 Å². The third-order valence-electron chi connectivity index (χ3n) is 2.72. The van der Waals surface area contributed by atoms with Gasteiger partial charge in [-0.3, -0.25) is 5.10 Å². The van der Waals surface area contributed by atoms with E-state index in [4.69, 9.17) is 11.6 Å². The molecule has 1 heterocycles. The number of hydrogen-bond donors (Lipinski definition) is 1. The minimum atomic E-state index is 0.723. The summed E-state index contributed by atoms with van der Waals surface area (Å²) in [5.41, 5.74) is 2.21. The second kappa shape index (κ2) is 5.04. The smallest absolute Gasteiger partial charge is 0.0837 e. The Balaban J connectivity index is 1.82. The molecule has 0 aliphatic rings. The van der Waals surface area contributed by atoms with Crippen molar-refractivity contribution in [2.24, 2.45) is 0 Å². The van der Waals surface area contributed by atoms with Crippen LogP contribution in [0.2, 0.25) is 5.02 Å². The second-order valence-electron chi connectivity index (χ2n) is 4.01. The van der Waals surface area contributed by atoms with Gasteiger partial charge in [-0.05, 0) is 17.7 Å². The molecule has 0 bridgehead atoms. The third-order valence-corrected chi connectivity index (χ3v) is 4.07. The fraction of sp³-hybridized carbons (Fsp3) is 0.0714. The zero-order valence-corrected chi connectivity index (χ0v) is 11.1. The summed E-state index contributed by atoms with van der Waals surface area (Å²) in [5.74, 6) is 0.945. The summed E-state index contributed by atoms with van der Waals surface area (Å²) in [6, 6.07) is 14.5. The van der Waals surface area contributed by atoms with Gasteiger partial charge in [-0.2, -0.15) is 5.10 Å². The standard InChI is InChI=1S/C14H11ClN2S/c15-13-7-12(6-11-8-16-17-14(11)13)18-9-10-4-2-1-3-5-10/h1-8H,9H2,(H,16,17). The Hall–Kier alpha value is -1.45. The van der Waals surface area contributed by atoms with E-state index in [0.717, 1.165) is 26.6 Å². The van der Waals surface area contributed by atoms with Crippen LogP contribution in [0.15, 0.2) is 53.6 Å². The van der Waals surface area contributed by atoms with Gasteiger partial charge >= 0.3 is 0 Å². The van der Waals surface area contributed by atoms with Gasteiger partial charge in [-0.15, -0.1) is 11.8 Å². The molecule has 0 atom stereocenters. The van der Waals surface area contributed by atoms with Crippen molar-refractivity contribution in [2.75, 3.05) is 0 Å². The maximum atomic E-state index is 6.20. The molecule has 0 aliphatic heterocycles. The molecule has 0 amide bonds. The number of nitrogens with zero attached hydrogens (tertiary/aromatic N) is 1. The molecular weight excluding hydrogens is 264 g/mol. The van der Waals surface area contributed by atoms with Crippen molar-refractivity contribution in [3.63, 3.8) is 0 Å². The first kappa shape index (κ1) is 11.6. The van der Waals surface area contributed by atoms with Crippen LogP contribution in [0.4, 0.5) is 0 Å². The van der Waals surface area contributed by atoms with Gasteiger partial charge in [0, 0.05) is 16.0 Å². The molecular formula is C14H11ClN2S. The normalized spacial score (nSPS) is 10.9. The average Bonchev–Trinajstić information content (AvgIpc) is 2.86. The molecule has 3 rings (SSSR count). The van der Waals surface area contributed by atoms with E-state index in [1.807, 2.05) is 12.1 Å². The SMILES string of the molecule is Clc1cc(SCc2ccccc2)cc2cn[nH]c12. The minimum Gasteiger partial charge on any atom is -0.276 e. The average molecular weight is 275 g/mol. The first-order chi connectivity index (χ1) is 8.83. The molecule has 1 aromatic heterocycles. The van der Waals surface area contributed by atoms with Crippen LogP contribution in [0.1, 0.15) is 5.56 Å². The summed E-state index contributed by atoms with van der Waals surface area (Å²) in [6.45, 7) is 0.